The lowest BCUT2D eigenvalue weighted by molar-refractivity contribution is -0.135. The van der Waals surface area contributed by atoms with Crippen LogP contribution in [0.4, 0.5) is 35.0 Å². The van der Waals surface area contributed by atoms with E-state index in [9.17, 15) is 17.6 Å². The number of nitrogens with zero attached hydrogens (tertiary/aromatic N) is 6. The number of halogens is 4. The third kappa shape index (κ3) is 5.55. The summed E-state index contributed by atoms with van der Waals surface area (Å²) in [6.07, 6.45) is -0.955. The van der Waals surface area contributed by atoms with E-state index in [1.54, 1.807) is 16.9 Å². The molecule has 0 aromatic carbocycles. The standard InChI is InChI=1S/C26H30F4N8O/c27-18-12-37(16-13-39-14-16)8-6-20(18)34-25-35-24(31)23-17(5-9-38(23)36-25)19-3-4-21-22(33-19)10-15(11-32-21)2-1-7-26(28,29)30/h3-5,9,11,15-16,18,20H,1-2,6-8,10,12-14H2,(H3,31,34,35,36)/t15?,18-,20+/m1/s1. The molecule has 208 valence electrons. The Morgan fingerprint density at radius 3 is 2.74 bits per heavy atom. The molecule has 0 amide bonds. The lowest BCUT2D eigenvalue weighted by atomic mass is 9.94. The molecule has 0 spiro atoms. The largest absolute Gasteiger partial charge is 0.389 e. The minimum absolute atomic E-state index is 0.0569. The fraction of sp³-hybridized carbons (Fsp3) is 0.538. The highest BCUT2D eigenvalue weighted by molar-refractivity contribution is 5.87. The predicted octanol–water partition coefficient (Wildman–Crippen LogP) is 4.20. The molecule has 39 heavy (non-hydrogen) atoms. The zero-order chi connectivity index (χ0) is 27.1. The van der Waals surface area contributed by atoms with E-state index in [0.29, 0.717) is 62.0 Å². The molecule has 3 aliphatic rings. The Morgan fingerprint density at radius 2 is 2.00 bits per heavy atom. The third-order valence-corrected chi connectivity index (χ3v) is 7.70. The van der Waals surface area contributed by atoms with Crippen LogP contribution in [0.25, 0.3) is 16.8 Å². The number of aliphatic imine (C=N–C) groups is 1. The highest BCUT2D eigenvalue weighted by atomic mass is 19.4. The van der Waals surface area contributed by atoms with Crippen LogP contribution >= 0.6 is 0 Å². The first kappa shape index (κ1) is 25.9. The molecule has 13 heteroatoms. The van der Waals surface area contributed by atoms with Crippen LogP contribution in [0, 0.1) is 5.92 Å². The van der Waals surface area contributed by atoms with Crippen LogP contribution in [0.1, 0.15) is 31.4 Å². The Morgan fingerprint density at radius 1 is 1.15 bits per heavy atom. The van der Waals surface area contributed by atoms with Crippen LogP contribution < -0.4 is 11.1 Å². The Bertz CT molecular complexity index is 1370. The highest BCUT2D eigenvalue weighted by Gasteiger charge is 2.35. The minimum atomic E-state index is -4.15. The second-order valence-electron chi connectivity index (χ2n) is 10.5. The summed E-state index contributed by atoms with van der Waals surface area (Å²) >= 11 is 0. The fourth-order valence-electron chi connectivity index (χ4n) is 5.48. The summed E-state index contributed by atoms with van der Waals surface area (Å²) in [5.74, 6) is 0.392. The van der Waals surface area contributed by atoms with Crippen LogP contribution in [-0.2, 0) is 11.2 Å². The maximum atomic E-state index is 14.9. The average Bonchev–Trinajstić information content (AvgIpc) is 3.28. The predicted molar refractivity (Wildman–Crippen MR) is 139 cm³/mol. The number of aromatic nitrogens is 4. The van der Waals surface area contributed by atoms with E-state index >= 15 is 0 Å². The summed E-state index contributed by atoms with van der Waals surface area (Å²) in [4.78, 5) is 15.7. The number of likely N-dealkylation sites (tertiary alicyclic amines) is 1. The minimum Gasteiger partial charge on any atom is -0.382 e. The molecule has 2 fully saturated rings. The second-order valence-corrected chi connectivity index (χ2v) is 10.5. The Balaban J connectivity index is 1.16. The zero-order valence-electron chi connectivity index (χ0n) is 21.2. The smallest absolute Gasteiger partial charge is 0.382 e. The van der Waals surface area contributed by atoms with Crippen molar-refractivity contribution in [1.82, 2.24) is 24.5 Å². The molecule has 3 aromatic rings. The van der Waals surface area contributed by atoms with Gasteiger partial charge < -0.3 is 15.8 Å². The van der Waals surface area contributed by atoms with Gasteiger partial charge in [0.1, 0.15) is 11.7 Å². The van der Waals surface area contributed by atoms with Crippen molar-refractivity contribution in [2.75, 3.05) is 37.4 Å². The maximum absolute atomic E-state index is 14.9. The van der Waals surface area contributed by atoms with Crippen molar-refractivity contribution in [1.29, 1.82) is 0 Å². The van der Waals surface area contributed by atoms with Gasteiger partial charge in [-0.25, -0.2) is 8.91 Å². The molecule has 9 nitrogen and oxygen atoms in total. The molecule has 3 N–H and O–H groups in total. The van der Waals surface area contributed by atoms with E-state index < -0.39 is 24.8 Å². The molecular weight excluding hydrogens is 516 g/mol. The number of ether oxygens (including phenoxy) is 1. The summed E-state index contributed by atoms with van der Waals surface area (Å²) in [5, 5.41) is 7.64. The molecule has 2 saturated heterocycles. The van der Waals surface area contributed by atoms with Crippen molar-refractivity contribution < 1.29 is 22.3 Å². The number of anilines is 2. The molecule has 3 aliphatic heterocycles. The number of rotatable bonds is 7. The van der Waals surface area contributed by atoms with Crippen LogP contribution in [-0.4, -0.2) is 81.4 Å². The average molecular weight is 547 g/mol. The Kier molecular flexibility index (Phi) is 6.88. The van der Waals surface area contributed by atoms with Crippen LogP contribution in [0.5, 0.6) is 0 Å². The quantitative estimate of drug-likeness (QED) is 0.428. The molecule has 3 aromatic heterocycles. The van der Waals surface area contributed by atoms with Crippen molar-refractivity contribution in [2.45, 2.75) is 56.5 Å². The molecule has 6 rings (SSSR count). The van der Waals surface area contributed by atoms with Gasteiger partial charge in [-0.3, -0.25) is 14.9 Å². The SMILES string of the molecule is Nc1nc(N[C@H]2CCN(C3COC3)C[C@H]2F)nn2ccc(-c3ccc4c(n3)CC(CCCC(F)(F)F)C=N4)c12. The second kappa shape index (κ2) is 10.3. The van der Waals surface area contributed by atoms with E-state index in [2.05, 4.69) is 25.3 Å². The van der Waals surface area contributed by atoms with Crippen molar-refractivity contribution in [2.24, 2.45) is 10.9 Å². The van der Waals surface area contributed by atoms with Gasteiger partial charge in [0.05, 0.1) is 42.4 Å². The summed E-state index contributed by atoms with van der Waals surface area (Å²) in [7, 11) is 0. The first-order chi connectivity index (χ1) is 18.7. The summed E-state index contributed by atoms with van der Waals surface area (Å²) in [6, 6.07) is 5.40. The summed E-state index contributed by atoms with van der Waals surface area (Å²) < 4.78 is 59.4. The van der Waals surface area contributed by atoms with Gasteiger partial charge in [0.2, 0.25) is 5.95 Å². The molecule has 0 saturated carbocycles. The topological polar surface area (TPSA) is 106 Å². The molecule has 0 aliphatic carbocycles. The molecule has 0 bridgehead atoms. The Labute approximate surface area is 222 Å². The number of piperidine rings is 1. The summed E-state index contributed by atoms with van der Waals surface area (Å²) in [6.45, 7) is 2.43. The van der Waals surface area contributed by atoms with E-state index in [1.165, 1.54) is 0 Å². The van der Waals surface area contributed by atoms with Gasteiger partial charge in [-0.1, -0.05) is 0 Å². The molecule has 3 atom stereocenters. The van der Waals surface area contributed by atoms with Crippen LogP contribution in [0.15, 0.2) is 29.4 Å². The number of fused-ring (bicyclic) bond motifs is 2. The lowest BCUT2D eigenvalue weighted by Crippen LogP contribution is -2.57. The van der Waals surface area contributed by atoms with Gasteiger partial charge in [0.15, 0.2) is 5.82 Å². The number of hydrogen-bond donors (Lipinski definition) is 2. The van der Waals surface area contributed by atoms with E-state index in [1.807, 2.05) is 18.2 Å². The summed E-state index contributed by atoms with van der Waals surface area (Å²) in [5.41, 5.74) is 9.74. The number of nitrogens with one attached hydrogen (secondary N) is 1. The first-order valence-corrected chi connectivity index (χ1v) is 13.2. The highest BCUT2D eigenvalue weighted by Crippen LogP contribution is 2.34. The fourth-order valence-corrected chi connectivity index (χ4v) is 5.48. The van der Waals surface area contributed by atoms with Crippen molar-refractivity contribution in [3.63, 3.8) is 0 Å². The first-order valence-electron chi connectivity index (χ1n) is 13.2. The van der Waals surface area contributed by atoms with Crippen LogP contribution in [0.3, 0.4) is 0 Å². The van der Waals surface area contributed by atoms with E-state index in [0.717, 1.165) is 17.8 Å². The van der Waals surface area contributed by atoms with Gasteiger partial charge in [-0.15, -0.1) is 5.10 Å². The number of hydrogen-bond acceptors (Lipinski definition) is 8. The number of alkyl halides is 4. The third-order valence-electron chi connectivity index (χ3n) is 7.70. The van der Waals surface area contributed by atoms with E-state index in [-0.39, 0.29) is 24.1 Å². The number of nitrogens with two attached hydrogens (primary N) is 1. The lowest BCUT2D eigenvalue weighted by Gasteiger charge is -2.42. The van der Waals surface area contributed by atoms with Gasteiger partial charge in [-0.05, 0) is 49.8 Å². The van der Waals surface area contributed by atoms with Crippen molar-refractivity contribution in [3.8, 4) is 11.3 Å². The normalized spacial score (nSPS) is 24.1. The van der Waals surface area contributed by atoms with Crippen molar-refractivity contribution in [3.05, 3.63) is 30.1 Å². The van der Waals surface area contributed by atoms with Gasteiger partial charge in [0.25, 0.3) is 0 Å². The number of nitrogen functional groups attached to an aromatic ring is 1. The number of pyridine rings is 1. The molecular formula is C26H30F4N8O. The van der Waals surface area contributed by atoms with Crippen LogP contribution in [0.2, 0.25) is 0 Å². The molecule has 6 heterocycles. The molecule has 0 radical (unpaired) electrons. The maximum Gasteiger partial charge on any atom is 0.389 e. The van der Waals surface area contributed by atoms with E-state index in [4.69, 9.17) is 15.5 Å². The van der Waals surface area contributed by atoms with Gasteiger partial charge in [0, 0.05) is 37.5 Å². The van der Waals surface area contributed by atoms with Gasteiger partial charge in [-0.2, -0.15) is 18.2 Å². The van der Waals surface area contributed by atoms with Gasteiger partial charge >= 0.3 is 6.18 Å². The monoisotopic (exact) mass is 546 g/mol. The molecule has 1 unspecified atom stereocenters. The zero-order valence-corrected chi connectivity index (χ0v) is 21.2. The van der Waals surface area contributed by atoms with Crippen molar-refractivity contribution >= 4 is 29.2 Å². The Hall–Kier alpha value is -3.32.